The molecular formula is C9H15N5O4. The molecule has 0 saturated carbocycles. The maximum absolute atomic E-state index is 11.6. The van der Waals surface area contributed by atoms with E-state index in [-0.39, 0.29) is 23.6 Å². The zero-order valence-corrected chi connectivity index (χ0v) is 10.0. The van der Waals surface area contributed by atoms with Crippen LogP contribution in [0.1, 0.15) is 32.6 Å². The van der Waals surface area contributed by atoms with Gasteiger partial charge in [0.2, 0.25) is 6.41 Å². The van der Waals surface area contributed by atoms with Crippen molar-refractivity contribution in [3.8, 4) is 0 Å². The van der Waals surface area contributed by atoms with Crippen LogP contribution in [0.5, 0.6) is 0 Å². The number of carbonyl (C=O) groups is 1. The fourth-order valence-electron chi connectivity index (χ4n) is 1.53. The molecule has 0 aliphatic carbocycles. The first-order valence-electron chi connectivity index (χ1n) is 5.67. The van der Waals surface area contributed by atoms with Crippen LogP contribution < -0.4 is 10.2 Å². The van der Waals surface area contributed by atoms with E-state index in [1.54, 1.807) is 0 Å². The monoisotopic (exact) mass is 257 g/mol. The summed E-state index contributed by atoms with van der Waals surface area (Å²) in [7, 11) is 0. The lowest BCUT2D eigenvalue weighted by atomic mass is 10.2. The van der Waals surface area contributed by atoms with Gasteiger partial charge >= 0.3 is 11.6 Å². The maximum atomic E-state index is 11.6. The summed E-state index contributed by atoms with van der Waals surface area (Å²) in [5.41, 5.74) is 0. The van der Waals surface area contributed by atoms with Crippen LogP contribution >= 0.6 is 0 Å². The van der Waals surface area contributed by atoms with Gasteiger partial charge in [0.1, 0.15) is 11.5 Å². The lowest BCUT2D eigenvalue weighted by Gasteiger charge is -1.99. The molecule has 100 valence electrons. The Bertz CT molecular complexity index is 431. The normalized spacial score (nSPS) is 10.3. The number of amides is 1. The Morgan fingerprint density at radius 2 is 2.22 bits per heavy atom. The molecule has 0 unspecified atom stereocenters. The van der Waals surface area contributed by atoms with Gasteiger partial charge in [0, 0.05) is 4.85 Å². The fourth-order valence-corrected chi connectivity index (χ4v) is 1.53. The highest BCUT2D eigenvalue weighted by molar-refractivity contribution is 5.71. The molecule has 1 N–H and O–H groups in total. The molecule has 9 nitrogen and oxygen atoms in total. The van der Waals surface area contributed by atoms with Crippen molar-refractivity contribution < 1.29 is 14.6 Å². The molecule has 0 bridgehead atoms. The average molecular weight is 257 g/mol. The third-order valence-corrected chi connectivity index (χ3v) is 2.40. The highest BCUT2D eigenvalue weighted by Gasteiger charge is 2.33. The molecule has 0 radical (unpaired) electrons. The van der Waals surface area contributed by atoms with Crippen molar-refractivity contribution in [2.24, 2.45) is 0 Å². The second kappa shape index (κ2) is 6.52. The SMILES string of the molecule is CCCCCCn1nc(NC=O)c([N+](=O)[O-])[n+]1[O-]. The topological polar surface area (TPSA) is 117 Å². The quantitative estimate of drug-likeness (QED) is 0.182. The first-order chi connectivity index (χ1) is 8.61. The van der Waals surface area contributed by atoms with Gasteiger partial charge in [-0.2, -0.15) is 0 Å². The second-order valence-electron chi connectivity index (χ2n) is 3.72. The van der Waals surface area contributed by atoms with E-state index in [2.05, 4.69) is 12.0 Å². The summed E-state index contributed by atoms with van der Waals surface area (Å²) >= 11 is 0. The third kappa shape index (κ3) is 3.15. The zero-order valence-electron chi connectivity index (χ0n) is 10.0. The van der Waals surface area contributed by atoms with Crippen LogP contribution in [-0.4, -0.2) is 21.2 Å². The first kappa shape index (κ1) is 13.9. The standard InChI is InChI=1S/C9H15N5O4/c1-2-3-4-5-6-12-11-8(10-7-15)9(13(12)16)14(17)18/h7H,2-6H2,1H3,(H,10,11,15). The number of anilines is 1. The molecule has 0 saturated heterocycles. The van der Waals surface area contributed by atoms with E-state index in [0.717, 1.165) is 24.1 Å². The lowest BCUT2D eigenvalue weighted by Crippen LogP contribution is -2.39. The minimum absolute atomic E-state index is 0.0950. The van der Waals surface area contributed by atoms with Crippen molar-refractivity contribution in [3.05, 3.63) is 15.3 Å². The van der Waals surface area contributed by atoms with E-state index in [1.165, 1.54) is 0 Å². The van der Waals surface area contributed by atoms with Crippen LogP contribution in [0.4, 0.5) is 11.6 Å². The lowest BCUT2D eigenvalue weighted by molar-refractivity contribution is -0.736. The van der Waals surface area contributed by atoms with Gasteiger partial charge in [-0.05, 0) is 11.2 Å². The van der Waals surface area contributed by atoms with Crippen LogP contribution in [0, 0.1) is 15.3 Å². The minimum Gasteiger partial charge on any atom is -0.590 e. The number of unbranched alkanes of at least 4 members (excludes halogenated alkanes) is 3. The number of hydrogen-bond donors (Lipinski definition) is 1. The average Bonchev–Trinajstić information content (AvgIpc) is 2.62. The number of aryl methyl sites for hydroxylation is 1. The molecule has 9 heteroatoms. The third-order valence-electron chi connectivity index (χ3n) is 2.40. The fraction of sp³-hybridized carbons (Fsp3) is 0.667. The number of rotatable bonds is 8. The van der Waals surface area contributed by atoms with E-state index < -0.39 is 10.7 Å². The molecule has 0 aliphatic rings. The molecule has 1 amide bonds. The molecule has 1 aromatic rings. The Kier molecular flexibility index (Phi) is 5.03. The van der Waals surface area contributed by atoms with Crippen molar-refractivity contribution in [1.29, 1.82) is 0 Å². The summed E-state index contributed by atoms with van der Waals surface area (Å²) in [6, 6.07) is 0. The van der Waals surface area contributed by atoms with E-state index in [9.17, 15) is 20.1 Å². The summed E-state index contributed by atoms with van der Waals surface area (Å²) in [4.78, 5) is 21.1. The smallest absolute Gasteiger partial charge is 0.583 e. The summed E-state index contributed by atoms with van der Waals surface area (Å²) < 4.78 is 0. The van der Waals surface area contributed by atoms with E-state index in [0.29, 0.717) is 6.42 Å². The van der Waals surface area contributed by atoms with Gasteiger partial charge in [-0.25, -0.2) is 0 Å². The Morgan fingerprint density at radius 3 is 2.78 bits per heavy atom. The molecule has 1 aromatic heterocycles. The van der Waals surface area contributed by atoms with Crippen molar-refractivity contribution in [1.82, 2.24) is 9.90 Å². The van der Waals surface area contributed by atoms with E-state index in [4.69, 9.17) is 0 Å². The molecule has 1 rings (SSSR count). The van der Waals surface area contributed by atoms with Gasteiger partial charge in [0.25, 0.3) is 0 Å². The Hall–Kier alpha value is -2.19. The van der Waals surface area contributed by atoms with E-state index >= 15 is 0 Å². The number of hydrogen-bond acceptors (Lipinski definition) is 5. The molecule has 0 aromatic carbocycles. The number of nitrogens with zero attached hydrogens (tertiary/aromatic N) is 4. The highest BCUT2D eigenvalue weighted by atomic mass is 16.6. The van der Waals surface area contributed by atoms with Gasteiger partial charge in [-0.3, -0.25) is 20.2 Å². The Labute approximate surface area is 103 Å². The van der Waals surface area contributed by atoms with Crippen LogP contribution in [0.25, 0.3) is 0 Å². The van der Waals surface area contributed by atoms with Gasteiger partial charge in [-0.15, -0.1) is 0 Å². The Morgan fingerprint density at radius 1 is 1.50 bits per heavy atom. The zero-order chi connectivity index (χ0) is 13.5. The van der Waals surface area contributed by atoms with Crippen LogP contribution in [0.2, 0.25) is 0 Å². The van der Waals surface area contributed by atoms with Crippen LogP contribution in [0.3, 0.4) is 0 Å². The second-order valence-corrected chi connectivity index (χ2v) is 3.72. The maximum Gasteiger partial charge on any atom is 0.583 e. The van der Waals surface area contributed by atoms with Gasteiger partial charge in [0.15, 0.2) is 0 Å². The molecule has 0 atom stereocenters. The molecule has 1 heterocycles. The van der Waals surface area contributed by atoms with Crippen LogP contribution in [0.15, 0.2) is 0 Å². The van der Waals surface area contributed by atoms with Crippen molar-refractivity contribution in [3.63, 3.8) is 0 Å². The van der Waals surface area contributed by atoms with Gasteiger partial charge < -0.3 is 5.21 Å². The number of nitro groups is 1. The minimum atomic E-state index is -0.867. The molecule has 0 spiro atoms. The van der Waals surface area contributed by atoms with Crippen molar-refractivity contribution in [2.75, 3.05) is 5.32 Å². The summed E-state index contributed by atoms with van der Waals surface area (Å²) in [6.45, 7) is 2.34. The molecule has 18 heavy (non-hydrogen) atoms. The molecular weight excluding hydrogens is 242 g/mol. The summed E-state index contributed by atoms with van der Waals surface area (Å²) in [5, 5.41) is 28.0. The van der Waals surface area contributed by atoms with Crippen molar-refractivity contribution in [2.45, 2.75) is 39.2 Å². The predicted molar refractivity (Wildman–Crippen MR) is 61.7 cm³/mol. The highest BCUT2D eigenvalue weighted by Crippen LogP contribution is 2.15. The first-order valence-corrected chi connectivity index (χ1v) is 5.67. The number of aromatic nitrogens is 3. The molecule has 0 aliphatic heterocycles. The van der Waals surface area contributed by atoms with Crippen LogP contribution in [-0.2, 0) is 11.3 Å². The number of carbonyl (C=O) groups excluding carboxylic acids is 1. The van der Waals surface area contributed by atoms with Crippen molar-refractivity contribution >= 4 is 18.0 Å². The van der Waals surface area contributed by atoms with Gasteiger partial charge in [-0.1, -0.05) is 31.3 Å². The molecule has 0 fully saturated rings. The Balaban J connectivity index is 2.82. The summed E-state index contributed by atoms with van der Waals surface area (Å²) in [5.74, 6) is -1.10. The van der Waals surface area contributed by atoms with E-state index in [1.807, 2.05) is 5.32 Å². The largest absolute Gasteiger partial charge is 0.590 e. The van der Waals surface area contributed by atoms with Gasteiger partial charge in [0.05, 0.1) is 0 Å². The number of nitrogens with one attached hydrogen (secondary N) is 1. The summed E-state index contributed by atoms with van der Waals surface area (Å²) in [6.07, 6.45) is 3.95. The predicted octanol–water partition coefficient (Wildman–Crippen LogP) is 0.573.